The Kier molecular flexibility index (Phi) is 5.80. The van der Waals surface area contributed by atoms with Gasteiger partial charge in [0.1, 0.15) is 12.8 Å². The number of aromatic nitrogens is 1. The summed E-state index contributed by atoms with van der Waals surface area (Å²) in [6.07, 6.45) is 6.00. The lowest BCUT2D eigenvalue weighted by molar-refractivity contribution is -0.384. The van der Waals surface area contributed by atoms with Crippen molar-refractivity contribution in [3.8, 4) is 0 Å². The molecular formula is C18H20N4O5. The largest absolute Gasteiger partial charge is 0.363 e. The monoisotopic (exact) mass is 372 g/mol. The minimum absolute atomic E-state index is 0.0754. The van der Waals surface area contributed by atoms with E-state index >= 15 is 0 Å². The fraction of sp³-hybridized carbons (Fsp3) is 0.389. The molecule has 1 aliphatic rings. The normalized spacial score (nSPS) is 14.5. The molecule has 1 aliphatic carbocycles. The summed E-state index contributed by atoms with van der Waals surface area (Å²) in [5.74, 6) is -0.513. The first-order valence-electron chi connectivity index (χ1n) is 8.80. The number of hydrogen-bond acceptors (Lipinski definition) is 6. The van der Waals surface area contributed by atoms with E-state index in [4.69, 9.17) is 0 Å². The first kappa shape index (κ1) is 18.6. The molecule has 1 saturated carbocycles. The molecule has 0 radical (unpaired) electrons. The zero-order chi connectivity index (χ0) is 19.2. The van der Waals surface area contributed by atoms with Crippen LogP contribution >= 0.6 is 0 Å². The minimum Gasteiger partial charge on any atom is -0.363 e. The minimum atomic E-state index is -0.543. The molecule has 0 unspecified atom stereocenters. The maximum Gasteiger partial charge on any atom is 0.270 e. The van der Waals surface area contributed by atoms with Gasteiger partial charge in [0.2, 0.25) is 5.91 Å². The predicted octanol–water partition coefficient (Wildman–Crippen LogP) is 3.00. The number of carbonyl (C=O) groups is 2. The second-order valence-corrected chi connectivity index (χ2v) is 6.47. The third-order valence-electron chi connectivity index (χ3n) is 4.60. The van der Waals surface area contributed by atoms with E-state index in [1.165, 1.54) is 41.5 Å². The van der Waals surface area contributed by atoms with E-state index in [1.807, 2.05) is 0 Å². The van der Waals surface area contributed by atoms with Crippen LogP contribution in [0, 0.1) is 10.1 Å². The molecule has 27 heavy (non-hydrogen) atoms. The van der Waals surface area contributed by atoms with Gasteiger partial charge in [-0.3, -0.25) is 19.7 Å². The van der Waals surface area contributed by atoms with Crippen LogP contribution in [-0.2, 0) is 4.79 Å². The van der Waals surface area contributed by atoms with Gasteiger partial charge in [-0.2, -0.15) is 0 Å². The summed E-state index contributed by atoms with van der Waals surface area (Å²) in [7, 11) is 0. The van der Waals surface area contributed by atoms with Gasteiger partial charge in [-0.05, 0) is 18.9 Å². The maximum atomic E-state index is 13.0. The van der Waals surface area contributed by atoms with E-state index in [1.54, 1.807) is 0 Å². The summed E-state index contributed by atoms with van der Waals surface area (Å²) in [6, 6.07) is 7.01. The molecule has 142 valence electrons. The Hall–Kier alpha value is -3.23. The van der Waals surface area contributed by atoms with Crippen LogP contribution in [0.1, 0.15) is 42.5 Å². The van der Waals surface area contributed by atoms with Crippen molar-refractivity contribution in [1.29, 1.82) is 0 Å². The average Bonchev–Trinajstić information content (AvgIpc) is 3.19. The Morgan fingerprint density at radius 2 is 2.04 bits per heavy atom. The van der Waals surface area contributed by atoms with Crippen molar-refractivity contribution in [2.45, 2.75) is 38.1 Å². The molecule has 0 saturated heterocycles. The second kappa shape index (κ2) is 8.43. The number of non-ortho nitro benzene ring substituents is 1. The Labute approximate surface area is 155 Å². The summed E-state index contributed by atoms with van der Waals surface area (Å²) >= 11 is 0. The molecule has 1 aromatic heterocycles. The van der Waals surface area contributed by atoms with Crippen LogP contribution in [0.25, 0.3) is 0 Å². The first-order valence-corrected chi connectivity index (χ1v) is 8.80. The number of nitrogens with one attached hydrogen (secondary N) is 1. The number of nitrogens with zero attached hydrogens (tertiary/aromatic N) is 3. The Balaban J connectivity index is 1.80. The molecule has 2 aromatic rings. The van der Waals surface area contributed by atoms with Crippen LogP contribution in [0.15, 0.2) is 41.1 Å². The van der Waals surface area contributed by atoms with Gasteiger partial charge >= 0.3 is 0 Å². The molecule has 9 nitrogen and oxygen atoms in total. The van der Waals surface area contributed by atoms with Gasteiger partial charge in [0.05, 0.1) is 4.92 Å². The third kappa shape index (κ3) is 4.69. The Bertz CT molecular complexity index is 815. The van der Waals surface area contributed by atoms with Gasteiger partial charge in [-0.15, -0.1) is 0 Å². The van der Waals surface area contributed by atoms with Crippen LogP contribution in [0.2, 0.25) is 0 Å². The zero-order valence-electron chi connectivity index (χ0n) is 14.7. The van der Waals surface area contributed by atoms with Crippen molar-refractivity contribution in [2.24, 2.45) is 0 Å². The van der Waals surface area contributed by atoms with Gasteiger partial charge < -0.3 is 14.7 Å². The predicted molar refractivity (Wildman–Crippen MR) is 96.1 cm³/mol. The highest BCUT2D eigenvalue weighted by Crippen LogP contribution is 2.25. The van der Waals surface area contributed by atoms with Crippen molar-refractivity contribution in [3.05, 3.63) is 52.3 Å². The van der Waals surface area contributed by atoms with E-state index in [0.717, 1.165) is 32.1 Å². The van der Waals surface area contributed by atoms with Crippen molar-refractivity contribution in [1.82, 2.24) is 10.1 Å². The van der Waals surface area contributed by atoms with Gasteiger partial charge in [-0.25, -0.2) is 0 Å². The summed E-state index contributed by atoms with van der Waals surface area (Å²) < 4.78 is 4.68. The van der Waals surface area contributed by atoms with E-state index in [2.05, 4.69) is 15.0 Å². The highest BCUT2D eigenvalue weighted by molar-refractivity contribution is 5.99. The molecule has 1 fully saturated rings. The summed E-state index contributed by atoms with van der Waals surface area (Å²) in [6.45, 7) is -0.154. The highest BCUT2D eigenvalue weighted by Gasteiger charge is 2.29. The number of carbonyl (C=O) groups excluding carboxylic acids is 2. The summed E-state index contributed by atoms with van der Waals surface area (Å²) in [5.41, 5.74) is 0.0421. The van der Waals surface area contributed by atoms with E-state index in [0.29, 0.717) is 0 Å². The van der Waals surface area contributed by atoms with Gasteiger partial charge in [-0.1, -0.05) is 30.5 Å². The molecule has 1 N–H and O–H groups in total. The fourth-order valence-corrected chi connectivity index (χ4v) is 3.29. The van der Waals surface area contributed by atoms with Crippen molar-refractivity contribution in [2.75, 3.05) is 11.9 Å². The van der Waals surface area contributed by atoms with Crippen molar-refractivity contribution >= 4 is 23.3 Å². The van der Waals surface area contributed by atoms with Gasteiger partial charge in [0.15, 0.2) is 5.82 Å². The SMILES string of the molecule is O=C(CN(C(=O)c1cccc([N+](=O)[O-])c1)C1CCCCC1)Nc1ccon1. The second-order valence-electron chi connectivity index (χ2n) is 6.47. The molecule has 0 aliphatic heterocycles. The van der Waals surface area contributed by atoms with Crippen LogP contribution in [0.4, 0.5) is 11.5 Å². The number of rotatable bonds is 6. The lowest BCUT2D eigenvalue weighted by Crippen LogP contribution is -2.45. The fourth-order valence-electron chi connectivity index (χ4n) is 3.29. The maximum absolute atomic E-state index is 13.0. The molecule has 0 spiro atoms. The van der Waals surface area contributed by atoms with Crippen LogP contribution in [0.3, 0.4) is 0 Å². The van der Waals surface area contributed by atoms with Crippen molar-refractivity contribution in [3.63, 3.8) is 0 Å². The quantitative estimate of drug-likeness (QED) is 0.615. The number of nitro benzene ring substituents is 1. The van der Waals surface area contributed by atoms with Gasteiger partial charge in [0, 0.05) is 29.8 Å². The van der Waals surface area contributed by atoms with Crippen LogP contribution < -0.4 is 5.32 Å². The van der Waals surface area contributed by atoms with Gasteiger partial charge in [0.25, 0.3) is 11.6 Å². The molecular weight excluding hydrogens is 352 g/mol. The summed E-state index contributed by atoms with van der Waals surface area (Å²) in [5, 5.41) is 17.2. The smallest absolute Gasteiger partial charge is 0.270 e. The number of hydrogen-bond donors (Lipinski definition) is 1. The highest BCUT2D eigenvalue weighted by atomic mass is 16.6. The topological polar surface area (TPSA) is 119 Å². The molecule has 2 amide bonds. The molecule has 0 bridgehead atoms. The van der Waals surface area contributed by atoms with E-state index in [-0.39, 0.29) is 35.6 Å². The average molecular weight is 372 g/mol. The number of benzene rings is 1. The molecule has 3 rings (SSSR count). The third-order valence-corrected chi connectivity index (χ3v) is 4.60. The lowest BCUT2D eigenvalue weighted by atomic mass is 9.93. The van der Waals surface area contributed by atoms with Crippen LogP contribution in [-0.4, -0.2) is 39.4 Å². The molecule has 1 heterocycles. The first-order chi connectivity index (χ1) is 13.0. The molecule has 9 heteroatoms. The van der Waals surface area contributed by atoms with E-state index in [9.17, 15) is 19.7 Å². The number of anilines is 1. The van der Waals surface area contributed by atoms with Crippen LogP contribution in [0.5, 0.6) is 0 Å². The molecule has 0 atom stereocenters. The standard InChI is InChI=1S/C18H20N4O5/c23-17(19-16-9-10-27-20-16)12-21(14-6-2-1-3-7-14)18(24)13-5-4-8-15(11-13)22(25)26/h4-5,8-11,14H,1-3,6-7,12H2,(H,19,20,23). The molecule has 1 aromatic carbocycles. The number of nitro groups is 1. The van der Waals surface area contributed by atoms with Crippen molar-refractivity contribution < 1.29 is 19.0 Å². The summed E-state index contributed by atoms with van der Waals surface area (Å²) in [4.78, 5) is 37.4. The van der Waals surface area contributed by atoms with E-state index < -0.39 is 10.8 Å². The Morgan fingerprint density at radius 3 is 2.70 bits per heavy atom. The lowest BCUT2D eigenvalue weighted by Gasteiger charge is -2.34. The Morgan fingerprint density at radius 1 is 1.26 bits per heavy atom. The number of amides is 2. The zero-order valence-corrected chi connectivity index (χ0v) is 14.7.